The van der Waals surface area contributed by atoms with Gasteiger partial charge < -0.3 is 20.1 Å². The molecule has 1 aromatic carbocycles. The van der Waals surface area contributed by atoms with Gasteiger partial charge in [0.2, 0.25) is 0 Å². The number of benzene rings is 1. The number of ether oxygens (including phenoxy) is 2. The molecule has 2 aliphatic rings. The van der Waals surface area contributed by atoms with E-state index >= 15 is 0 Å². The molecule has 1 heterocycles. The molecule has 0 bridgehead atoms. The quantitative estimate of drug-likeness (QED) is 0.556. The highest BCUT2D eigenvalue weighted by Gasteiger charge is 2.38. The van der Waals surface area contributed by atoms with Crippen molar-refractivity contribution in [3.63, 3.8) is 0 Å². The number of hydrogen-bond donors (Lipinski definition) is 2. The summed E-state index contributed by atoms with van der Waals surface area (Å²) >= 11 is 0. The van der Waals surface area contributed by atoms with E-state index in [0.717, 1.165) is 51.1 Å². The van der Waals surface area contributed by atoms with E-state index < -0.39 is 0 Å². The summed E-state index contributed by atoms with van der Waals surface area (Å²) in [6.45, 7) is 8.14. The lowest BCUT2D eigenvalue weighted by Crippen LogP contribution is -2.60. The first-order chi connectivity index (χ1) is 13.8. The summed E-state index contributed by atoms with van der Waals surface area (Å²) in [6.07, 6.45) is 6.50. The Kier molecular flexibility index (Phi) is 7.98. The predicted molar refractivity (Wildman–Crippen MR) is 114 cm³/mol. The lowest BCUT2D eigenvalue weighted by molar-refractivity contribution is -0.0352. The minimum absolute atomic E-state index is 0.231. The smallest absolute Gasteiger partial charge is 0.191 e. The maximum Gasteiger partial charge on any atom is 0.191 e. The molecule has 0 radical (unpaired) electrons. The second kappa shape index (κ2) is 10.7. The van der Waals surface area contributed by atoms with Gasteiger partial charge in [0.15, 0.2) is 5.96 Å². The summed E-state index contributed by atoms with van der Waals surface area (Å²) in [6, 6.07) is 8.22. The van der Waals surface area contributed by atoms with Crippen molar-refractivity contribution in [2.75, 3.05) is 46.5 Å². The number of hydrogen-bond acceptors (Lipinski definition) is 4. The first-order valence-electron chi connectivity index (χ1n) is 10.7. The van der Waals surface area contributed by atoms with E-state index in [9.17, 15) is 0 Å². The van der Waals surface area contributed by atoms with E-state index in [0.29, 0.717) is 6.61 Å². The van der Waals surface area contributed by atoms with E-state index in [2.05, 4.69) is 32.7 Å². The molecule has 6 heteroatoms. The van der Waals surface area contributed by atoms with Crippen LogP contribution in [0.4, 0.5) is 0 Å². The van der Waals surface area contributed by atoms with Gasteiger partial charge in [-0.05, 0) is 37.5 Å². The van der Waals surface area contributed by atoms with E-state index in [4.69, 9.17) is 9.47 Å². The third kappa shape index (κ3) is 5.61. The molecule has 156 valence electrons. The zero-order chi connectivity index (χ0) is 19.7. The van der Waals surface area contributed by atoms with E-state index in [1.165, 1.54) is 37.7 Å². The van der Waals surface area contributed by atoms with Crippen molar-refractivity contribution in [3.05, 3.63) is 29.8 Å². The van der Waals surface area contributed by atoms with Gasteiger partial charge in [-0.15, -0.1) is 0 Å². The Morgan fingerprint density at radius 2 is 1.96 bits per heavy atom. The molecule has 0 spiro atoms. The van der Waals surface area contributed by atoms with Crippen LogP contribution < -0.4 is 15.4 Å². The molecule has 1 aliphatic heterocycles. The average Bonchev–Trinajstić information content (AvgIpc) is 2.76. The molecule has 0 unspecified atom stereocenters. The summed E-state index contributed by atoms with van der Waals surface area (Å²) in [5, 5.41) is 7.07. The number of aliphatic imine (C=N–C) groups is 1. The van der Waals surface area contributed by atoms with Crippen LogP contribution in [-0.4, -0.2) is 62.9 Å². The Hall–Kier alpha value is -1.79. The molecule has 1 saturated heterocycles. The standard InChI is InChI=1S/C22H36N4O2/c1-3-28-20-9-7-8-19(16-20)17-24-21(23-2)25-18-22(10-5-4-6-11-22)26-12-14-27-15-13-26/h7-9,16H,3-6,10-15,17-18H2,1-2H3,(H2,23,24,25). The monoisotopic (exact) mass is 388 g/mol. The van der Waals surface area contributed by atoms with Gasteiger partial charge in [0.25, 0.3) is 0 Å². The Morgan fingerprint density at radius 1 is 1.18 bits per heavy atom. The summed E-state index contributed by atoms with van der Waals surface area (Å²) in [5.41, 5.74) is 1.42. The van der Waals surface area contributed by atoms with Crippen LogP contribution in [0.15, 0.2) is 29.3 Å². The van der Waals surface area contributed by atoms with Crippen molar-refractivity contribution in [1.82, 2.24) is 15.5 Å². The Bertz CT molecular complexity index is 623. The van der Waals surface area contributed by atoms with Crippen molar-refractivity contribution in [3.8, 4) is 5.75 Å². The highest BCUT2D eigenvalue weighted by molar-refractivity contribution is 5.79. The van der Waals surface area contributed by atoms with Crippen LogP contribution in [0.25, 0.3) is 0 Å². The molecule has 0 aromatic heterocycles. The first-order valence-corrected chi connectivity index (χ1v) is 10.7. The third-order valence-corrected chi connectivity index (χ3v) is 5.94. The number of nitrogens with zero attached hydrogens (tertiary/aromatic N) is 2. The molecule has 1 saturated carbocycles. The van der Waals surface area contributed by atoms with Crippen molar-refractivity contribution in [1.29, 1.82) is 0 Å². The third-order valence-electron chi connectivity index (χ3n) is 5.94. The van der Waals surface area contributed by atoms with Crippen LogP contribution >= 0.6 is 0 Å². The molecule has 28 heavy (non-hydrogen) atoms. The van der Waals surface area contributed by atoms with E-state index in [1.807, 2.05) is 26.1 Å². The van der Waals surface area contributed by atoms with Crippen LogP contribution in [-0.2, 0) is 11.3 Å². The number of morpholine rings is 1. The lowest BCUT2D eigenvalue weighted by Gasteiger charge is -2.48. The molecule has 3 rings (SSSR count). The molecule has 0 atom stereocenters. The number of nitrogens with one attached hydrogen (secondary N) is 2. The van der Waals surface area contributed by atoms with Crippen LogP contribution in [0.2, 0.25) is 0 Å². The Balaban J connectivity index is 1.56. The minimum Gasteiger partial charge on any atom is -0.494 e. The Morgan fingerprint density at radius 3 is 2.68 bits per heavy atom. The van der Waals surface area contributed by atoms with Gasteiger partial charge in [-0.1, -0.05) is 31.4 Å². The summed E-state index contributed by atoms with van der Waals surface area (Å²) in [7, 11) is 1.84. The second-order valence-corrected chi connectivity index (χ2v) is 7.74. The molecule has 1 aromatic rings. The Labute approximate surface area is 169 Å². The normalized spacial score (nSPS) is 20.6. The van der Waals surface area contributed by atoms with Gasteiger partial charge >= 0.3 is 0 Å². The maximum absolute atomic E-state index is 5.60. The van der Waals surface area contributed by atoms with Gasteiger partial charge in [-0.3, -0.25) is 9.89 Å². The number of guanidine groups is 1. The molecule has 1 aliphatic carbocycles. The SMILES string of the molecule is CCOc1cccc(CNC(=NC)NCC2(N3CCOCC3)CCCCC2)c1. The van der Waals surface area contributed by atoms with Gasteiger partial charge in [0.05, 0.1) is 19.8 Å². The lowest BCUT2D eigenvalue weighted by atomic mass is 9.80. The van der Waals surface area contributed by atoms with Gasteiger partial charge in [-0.25, -0.2) is 0 Å². The van der Waals surface area contributed by atoms with Crippen LogP contribution in [0.5, 0.6) is 5.75 Å². The largest absolute Gasteiger partial charge is 0.494 e. The fraction of sp³-hybridized carbons (Fsp3) is 0.682. The zero-order valence-electron chi connectivity index (χ0n) is 17.5. The molecular weight excluding hydrogens is 352 g/mol. The summed E-state index contributed by atoms with van der Waals surface area (Å²) < 4.78 is 11.2. The molecular formula is C22H36N4O2. The van der Waals surface area contributed by atoms with Gasteiger partial charge in [0.1, 0.15) is 5.75 Å². The molecule has 2 N–H and O–H groups in total. The van der Waals surface area contributed by atoms with E-state index in [-0.39, 0.29) is 5.54 Å². The van der Waals surface area contributed by atoms with Crippen LogP contribution in [0, 0.1) is 0 Å². The molecule has 0 amide bonds. The second-order valence-electron chi connectivity index (χ2n) is 7.74. The number of rotatable bonds is 7. The van der Waals surface area contributed by atoms with Crippen molar-refractivity contribution in [2.45, 2.75) is 51.1 Å². The summed E-state index contributed by atoms with van der Waals surface area (Å²) in [4.78, 5) is 7.10. The topological polar surface area (TPSA) is 58.1 Å². The van der Waals surface area contributed by atoms with E-state index in [1.54, 1.807) is 0 Å². The maximum atomic E-state index is 5.60. The average molecular weight is 389 g/mol. The summed E-state index contributed by atoms with van der Waals surface area (Å²) in [5.74, 6) is 1.78. The van der Waals surface area contributed by atoms with Crippen LogP contribution in [0.3, 0.4) is 0 Å². The predicted octanol–water partition coefficient (Wildman–Crippen LogP) is 2.79. The zero-order valence-corrected chi connectivity index (χ0v) is 17.5. The highest BCUT2D eigenvalue weighted by Crippen LogP contribution is 2.33. The van der Waals surface area contributed by atoms with Crippen LogP contribution in [0.1, 0.15) is 44.6 Å². The fourth-order valence-electron chi connectivity index (χ4n) is 4.42. The van der Waals surface area contributed by atoms with Gasteiger partial charge in [0, 0.05) is 38.8 Å². The van der Waals surface area contributed by atoms with Gasteiger partial charge in [-0.2, -0.15) is 0 Å². The molecule has 2 fully saturated rings. The first kappa shape index (κ1) is 20.9. The van der Waals surface area contributed by atoms with Crippen molar-refractivity contribution < 1.29 is 9.47 Å². The molecule has 6 nitrogen and oxygen atoms in total. The minimum atomic E-state index is 0.231. The van der Waals surface area contributed by atoms with Crippen molar-refractivity contribution in [2.24, 2.45) is 4.99 Å². The van der Waals surface area contributed by atoms with Crippen molar-refractivity contribution >= 4 is 5.96 Å². The highest BCUT2D eigenvalue weighted by atomic mass is 16.5. The fourth-order valence-corrected chi connectivity index (χ4v) is 4.42.